The van der Waals surface area contributed by atoms with Gasteiger partial charge in [-0.05, 0) is 43.9 Å². The van der Waals surface area contributed by atoms with Gasteiger partial charge in [0.15, 0.2) is 17.0 Å². The third-order valence-corrected chi connectivity index (χ3v) is 7.02. The lowest BCUT2D eigenvalue weighted by atomic mass is 9.81. The topological polar surface area (TPSA) is 89.7 Å². The number of carboxylic acid groups (broad SMARTS) is 1. The van der Waals surface area contributed by atoms with E-state index < -0.39 is 11.6 Å². The molecule has 0 bridgehead atoms. The van der Waals surface area contributed by atoms with Gasteiger partial charge >= 0.3 is 5.97 Å². The molecule has 0 radical (unpaired) electrons. The molecule has 0 amide bonds. The molecule has 3 aromatic rings. The lowest BCUT2D eigenvalue weighted by Crippen LogP contribution is -2.48. The number of fused-ring (bicyclic) bond motifs is 1. The SMILES string of the molecule is COCCOCC1(F)CCCN(c2cc(C(=O)O)nc3c2c(C2CCC2)nn3-c2ccccc2)C1. The van der Waals surface area contributed by atoms with Gasteiger partial charge in [-0.25, -0.2) is 18.9 Å². The van der Waals surface area contributed by atoms with Crippen molar-refractivity contribution in [1.82, 2.24) is 14.8 Å². The molecule has 8 nitrogen and oxygen atoms in total. The fourth-order valence-electron chi connectivity index (χ4n) is 5.01. The standard InChI is InChI=1S/C26H31FN4O4/c1-34-13-14-35-17-26(27)11-6-12-30(16-26)21-15-20(25(32)33)28-24-22(21)23(18-7-5-8-18)29-31(24)19-9-3-2-4-10-19/h2-4,9-10,15,18H,5-8,11-14,16-17H2,1H3,(H,32,33). The summed E-state index contributed by atoms with van der Waals surface area (Å²) in [6.07, 6.45) is 4.23. The maximum absolute atomic E-state index is 15.8. The Kier molecular flexibility index (Phi) is 6.71. The highest BCUT2D eigenvalue weighted by Gasteiger charge is 2.38. The van der Waals surface area contributed by atoms with Crippen molar-refractivity contribution < 1.29 is 23.8 Å². The van der Waals surface area contributed by atoms with E-state index in [1.165, 1.54) is 0 Å². The summed E-state index contributed by atoms with van der Waals surface area (Å²) in [6, 6.07) is 11.2. The molecule has 1 aliphatic carbocycles. The first kappa shape index (κ1) is 23.7. The number of carboxylic acids is 1. The number of para-hydroxylation sites is 1. The Hall–Kier alpha value is -3.04. The highest BCUT2D eigenvalue weighted by Crippen LogP contribution is 2.43. The smallest absolute Gasteiger partial charge is 0.354 e. The minimum atomic E-state index is -1.53. The molecule has 1 saturated carbocycles. The molecule has 2 aliphatic rings. The van der Waals surface area contributed by atoms with Crippen molar-refractivity contribution in [1.29, 1.82) is 0 Å². The highest BCUT2D eigenvalue weighted by atomic mass is 19.1. The van der Waals surface area contributed by atoms with E-state index in [4.69, 9.17) is 14.6 Å². The molecule has 1 saturated heterocycles. The van der Waals surface area contributed by atoms with Crippen LogP contribution >= 0.6 is 0 Å². The van der Waals surface area contributed by atoms with Crippen molar-refractivity contribution >= 4 is 22.7 Å². The Balaban J connectivity index is 1.60. The van der Waals surface area contributed by atoms with Gasteiger partial charge in [-0.2, -0.15) is 5.10 Å². The molecule has 3 heterocycles. The number of piperidine rings is 1. The molecule has 2 aromatic heterocycles. The molecular weight excluding hydrogens is 451 g/mol. The summed E-state index contributed by atoms with van der Waals surface area (Å²) in [4.78, 5) is 18.5. The van der Waals surface area contributed by atoms with Crippen molar-refractivity contribution in [2.24, 2.45) is 0 Å². The summed E-state index contributed by atoms with van der Waals surface area (Å²) in [6.45, 7) is 1.48. The summed E-state index contributed by atoms with van der Waals surface area (Å²) in [5, 5.41) is 15.6. The van der Waals surface area contributed by atoms with Crippen LogP contribution in [0.25, 0.3) is 16.7 Å². The molecule has 1 atom stereocenters. The maximum Gasteiger partial charge on any atom is 0.354 e. The Morgan fingerprint density at radius 1 is 1.23 bits per heavy atom. The van der Waals surface area contributed by atoms with Gasteiger partial charge < -0.3 is 19.5 Å². The van der Waals surface area contributed by atoms with Gasteiger partial charge in [0, 0.05) is 19.6 Å². The minimum Gasteiger partial charge on any atom is -0.477 e. The number of hydrogen-bond acceptors (Lipinski definition) is 6. The van der Waals surface area contributed by atoms with Gasteiger partial charge in [-0.15, -0.1) is 0 Å². The zero-order valence-electron chi connectivity index (χ0n) is 20.0. The molecule has 0 spiro atoms. The summed E-state index contributed by atoms with van der Waals surface area (Å²) in [7, 11) is 1.58. The van der Waals surface area contributed by atoms with E-state index in [2.05, 4.69) is 4.98 Å². The molecule has 9 heteroatoms. The lowest BCUT2D eigenvalue weighted by Gasteiger charge is -2.39. The van der Waals surface area contributed by atoms with Crippen LogP contribution in [-0.4, -0.2) is 71.5 Å². The van der Waals surface area contributed by atoms with E-state index in [9.17, 15) is 9.90 Å². The van der Waals surface area contributed by atoms with Crippen molar-refractivity contribution in [3.63, 3.8) is 0 Å². The average Bonchev–Trinajstić information content (AvgIpc) is 3.20. The van der Waals surface area contributed by atoms with Crippen LogP contribution < -0.4 is 4.90 Å². The zero-order valence-corrected chi connectivity index (χ0v) is 20.0. The molecule has 186 valence electrons. The first-order valence-corrected chi connectivity index (χ1v) is 12.2. The Morgan fingerprint density at radius 3 is 2.71 bits per heavy atom. The van der Waals surface area contributed by atoms with Gasteiger partial charge in [-0.3, -0.25) is 0 Å². The van der Waals surface area contributed by atoms with E-state index in [0.717, 1.165) is 36.0 Å². The Labute approximate surface area is 203 Å². The summed E-state index contributed by atoms with van der Waals surface area (Å²) >= 11 is 0. The second-order valence-electron chi connectivity index (χ2n) is 9.51. The van der Waals surface area contributed by atoms with Gasteiger partial charge in [0.05, 0.1) is 48.8 Å². The third kappa shape index (κ3) is 4.75. The number of anilines is 1. The third-order valence-electron chi connectivity index (χ3n) is 7.02. The van der Waals surface area contributed by atoms with Crippen LogP contribution in [-0.2, 0) is 9.47 Å². The number of aromatic nitrogens is 3. The minimum absolute atomic E-state index is 0.0222. The molecule has 2 fully saturated rings. The number of methoxy groups -OCH3 is 1. The van der Waals surface area contributed by atoms with Gasteiger partial charge in [-0.1, -0.05) is 24.6 Å². The number of aromatic carboxylic acids is 1. The van der Waals surface area contributed by atoms with Crippen molar-refractivity contribution in [2.45, 2.75) is 43.7 Å². The van der Waals surface area contributed by atoms with Crippen LogP contribution in [0.15, 0.2) is 36.4 Å². The maximum atomic E-state index is 15.8. The number of carbonyl (C=O) groups is 1. The van der Waals surface area contributed by atoms with Gasteiger partial charge in [0.1, 0.15) is 0 Å². The zero-order chi connectivity index (χ0) is 24.4. The average molecular weight is 483 g/mol. The second kappa shape index (κ2) is 9.91. The normalized spacial score (nSPS) is 20.8. The first-order valence-electron chi connectivity index (χ1n) is 12.2. The van der Waals surface area contributed by atoms with Gasteiger partial charge in [0.25, 0.3) is 0 Å². The molecular formula is C26H31FN4O4. The predicted octanol–water partition coefficient (Wildman–Crippen LogP) is 4.36. The number of ether oxygens (including phenoxy) is 2. The summed E-state index contributed by atoms with van der Waals surface area (Å²) in [5.41, 5.74) is 1.32. The van der Waals surface area contributed by atoms with E-state index in [1.54, 1.807) is 17.9 Å². The second-order valence-corrected chi connectivity index (χ2v) is 9.51. The largest absolute Gasteiger partial charge is 0.477 e. The van der Waals surface area contributed by atoms with E-state index in [0.29, 0.717) is 43.9 Å². The summed E-state index contributed by atoms with van der Waals surface area (Å²) < 4.78 is 28.1. The molecule has 1 aliphatic heterocycles. The van der Waals surface area contributed by atoms with Crippen LogP contribution in [0, 0.1) is 0 Å². The highest BCUT2D eigenvalue weighted by molar-refractivity contribution is 5.98. The van der Waals surface area contributed by atoms with Crippen LogP contribution in [0.1, 0.15) is 54.2 Å². The fourth-order valence-corrected chi connectivity index (χ4v) is 5.01. The number of halogens is 1. The molecule has 1 N–H and O–H groups in total. The summed E-state index contributed by atoms with van der Waals surface area (Å²) in [5.74, 6) is -0.832. The fraction of sp³-hybridized carbons (Fsp3) is 0.500. The molecule has 1 aromatic carbocycles. The molecule has 5 rings (SSSR count). The number of rotatable bonds is 9. The van der Waals surface area contributed by atoms with Crippen molar-refractivity contribution in [3.05, 3.63) is 47.8 Å². The Bertz CT molecular complexity index is 1200. The van der Waals surface area contributed by atoms with Crippen LogP contribution in [0.3, 0.4) is 0 Å². The number of pyridine rings is 1. The predicted molar refractivity (Wildman–Crippen MR) is 130 cm³/mol. The Morgan fingerprint density at radius 2 is 2.03 bits per heavy atom. The van der Waals surface area contributed by atoms with Crippen LogP contribution in [0.2, 0.25) is 0 Å². The van der Waals surface area contributed by atoms with Gasteiger partial charge in [0.2, 0.25) is 0 Å². The quantitative estimate of drug-likeness (QED) is 0.453. The van der Waals surface area contributed by atoms with E-state index in [-0.39, 0.29) is 24.8 Å². The molecule has 1 unspecified atom stereocenters. The van der Waals surface area contributed by atoms with Crippen LogP contribution in [0.5, 0.6) is 0 Å². The monoisotopic (exact) mass is 482 g/mol. The molecule has 35 heavy (non-hydrogen) atoms. The van der Waals surface area contributed by atoms with Crippen molar-refractivity contribution in [2.75, 3.05) is 44.9 Å². The number of hydrogen-bond donors (Lipinski definition) is 1. The first-order chi connectivity index (χ1) is 17.0. The van der Waals surface area contributed by atoms with E-state index in [1.807, 2.05) is 35.2 Å². The number of benzene rings is 1. The van der Waals surface area contributed by atoms with Crippen molar-refractivity contribution in [3.8, 4) is 5.69 Å². The lowest BCUT2D eigenvalue weighted by molar-refractivity contribution is -0.0109. The van der Waals surface area contributed by atoms with Crippen LogP contribution in [0.4, 0.5) is 10.1 Å². The number of nitrogens with zero attached hydrogens (tertiary/aromatic N) is 4. The van der Waals surface area contributed by atoms with E-state index >= 15 is 4.39 Å². The number of alkyl halides is 1.